The van der Waals surface area contributed by atoms with Crippen molar-refractivity contribution in [3.8, 4) is 5.75 Å². The number of nitrogens with one attached hydrogen (secondary N) is 2. The van der Waals surface area contributed by atoms with Crippen LogP contribution in [0.3, 0.4) is 0 Å². The zero-order valence-corrected chi connectivity index (χ0v) is 17.2. The lowest BCUT2D eigenvalue weighted by atomic mass is 9.90. The van der Waals surface area contributed by atoms with Crippen molar-refractivity contribution in [1.82, 2.24) is 15.5 Å². The number of piperidine rings is 3. The van der Waals surface area contributed by atoms with Crippen LogP contribution in [0.4, 0.5) is 0 Å². The van der Waals surface area contributed by atoms with E-state index in [4.69, 9.17) is 4.74 Å². The van der Waals surface area contributed by atoms with Gasteiger partial charge in [-0.15, -0.1) is 0 Å². The smallest absolute Gasteiger partial charge is 0.234 e. The van der Waals surface area contributed by atoms with Gasteiger partial charge in [0.1, 0.15) is 5.75 Å². The Kier molecular flexibility index (Phi) is 6.82. The lowest BCUT2D eigenvalue weighted by Gasteiger charge is -2.35. The predicted molar refractivity (Wildman–Crippen MR) is 112 cm³/mol. The third-order valence-electron chi connectivity index (χ3n) is 6.69. The minimum atomic E-state index is -0.231. The zero-order valence-electron chi connectivity index (χ0n) is 17.2. The molecule has 3 aliphatic rings. The Morgan fingerprint density at radius 3 is 2.34 bits per heavy atom. The molecule has 3 heterocycles. The van der Waals surface area contributed by atoms with Crippen molar-refractivity contribution >= 4 is 11.8 Å². The van der Waals surface area contributed by atoms with Crippen LogP contribution < -0.4 is 15.4 Å². The number of likely N-dealkylation sites (tertiary alicyclic amines) is 1. The highest BCUT2D eigenvalue weighted by molar-refractivity contribution is 6.00. The van der Waals surface area contributed by atoms with E-state index in [9.17, 15) is 9.59 Å². The van der Waals surface area contributed by atoms with Crippen molar-refractivity contribution < 1.29 is 14.3 Å². The molecule has 6 heteroatoms. The van der Waals surface area contributed by atoms with Gasteiger partial charge in [0.25, 0.3) is 0 Å². The molecule has 158 valence electrons. The minimum Gasteiger partial charge on any atom is -0.493 e. The van der Waals surface area contributed by atoms with E-state index >= 15 is 0 Å². The van der Waals surface area contributed by atoms with E-state index in [1.807, 2.05) is 24.3 Å². The summed E-state index contributed by atoms with van der Waals surface area (Å²) in [5, 5.41) is 5.87. The molecule has 4 rings (SSSR count). The quantitative estimate of drug-likeness (QED) is 0.719. The standard InChI is InChI=1S/C23H33N3O3/c27-22-6-5-21(23(28)25-22)19-1-3-20(4-2-19)29-16-18-9-13-26(14-10-18)15-17-7-11-24-12-8-17/h1-4,17-18,21,24H,5-16H2,(H,25,27,28)/t21-/m1/s1. The molecular weight excluding hydrogens is 366 g/mol. The first-order valence-electron chi connectivity index (χ1n) is 11.2. The summed E-state index contributed by atoms with van der Waals surface area (Å²) in [4.78, 5) is 25.9. The summed E-state index contributed by atoms with van der Waals surface area (Å²) in [5.41, 5.74) is 0.952. The highest BCUT2D eigenvalue weighted by Crippen LogP contribution is 2.27. The van der Waals surface area contributed by atoms with Crippen molar-refractivity contribution in [2.45, 2.75) is 44.4 Å². The Bertz CT molecular complexity index is 692. The molecule has 0 aromatic heterocycles. The maximum absolute atomic E-state index is 12.0. The van der Waals surface area contributed by atoms with Gasteiger partial charge in [0.05, 0.1) is 12.5 Å². The van der Waals surface area contributed by atoms with E-state index in [0.29, 0.717) is 18.8 Å². The van der Waals surface area contributed by atoms with Gasteiger partial charge < -0.3 is 15.0 Å². The van der Waals surface area contributed by atoms with Crippen LogP contribution in [-0.2, 0) is 9.59 Å². The monoisotopic (exact) mass is 399 g/mol. The van der Waals surface area contributed by atoms with Crippen LogP contribution in [0, 0.1) is 11.8 Å². The molecule has 1 atom stereocenters. The van der Waals surface area contributed by atoms with E-state index < -0.39 is 0 Å². The van der Waals surface area contributed by atoms with Crippen LogP contribution in [-0.4, -0.2) is 56.0 Å². The molecule has 3 fully saturated rings. The molecule has 0 aliphatic carbocycles. The van der Waals surface area contributed by atoms with Gasteiger partial charge in [-0.2, -0.15) is 0 Å². The van der Waals surface area contributed by atoms with E-state index in [2.05, 4.69) is 15.5 Å². The van der Waals surface area contributed by atoms with E-state index in [1.54, 1.807) is 0 Å². The van der Waals surface area contributed by atoms with Crippen molar-refractivity contribution in [3.63, 3.8) is 0 Å². The molecule has 0 saturated carbocycles. The predicted octanol–water partition coefficient (Wildman–Crippen LogP) is 2.30. The molecule has 2 N–H and O–H groups in total. The average Bonchev–Trinajstić information content (AvgIpc) is 2.75. The molecule has 1 aromatic carbocycles. The van der Waals surface area contributed by atoms with Crippen LogP contribution >= 0.6 is 0 Å². The fraction of sp³-hybridized carbons (Fsp3) is 0.652. The molecule has 29 heavy (non-hydrogen) atoms. The van der Waals surface area contributed by atoms with Crippen molar-refractivity contribution in [3.05, 3.63) is 29.8 Å². The van der Waals surface area contributed by atoms with Gasteiger partial charge in [-0.1, -0.05) is 12.1 Å². The van der Waals surface area contributed by atoms with Gasteiger partial charge in [-0.05, 0) is 87.8 Å². The van der Waals surface area contributed by atoms with Crippen molar-refractivity contribution in [2.75, 3.05) is 39.3 Å². The van der Waals surface area contributed by atoms with E-state index in [0.717, 1.165) is 23.8 Å². The molecule has 0 spiro atoms. The van der Waals surface area contributed by atoms with Crippen molar-refractivity contribution in [1.29, 1.82) is 0 Å². The number of rotatable bonds is 6. The van der Waals surface area contributed by atoms with Crippen LogP contribution in [0.25, 0.3) is 0 Å². The Hall–Kier alpha value is -1.92. The summed E-state index contributed by atoms with van der Waals surface area (Å²) in [6.45, 7) is 6.75. The van der Waals surface area contributed by atoms with Gasteiger partial charge in [-0.3, -0.25) is 14.9 Å². The fourth-order valence-corrected chi connectivity index (χ4v) is 4.79. The molecule has 6 nitrogen and oxygen atoms in total. The molecule has 3 aliphatic heterocycles. The molecule has 0 radical (unpaired) electrons. The topological polar surface area (TPSA) is 70.7 Å². The first kappa shape index (κ1) is 20.4. The number of benzene rings is 1. The highest BCUT2D eigenvalue weighted by Gasteiger charge is 2.28. The minimum absolute atomic E-state index is 0.173. The second-order valence-corrected chi connectivity index (χ2v) is 8.82. The first-order chi connectivity index (χ1) is 14.2. The lowest BCUT2D eigenvalue weighted by Crippen LogP contribution is -2.41. The maximum Gasteiger partial charge on any atom is 0.234 e. The Balaban J connectivity index is 1.19. The van der Waals surface area contributed by atoms with Crippen LogP contribution in [0.15, 0.2) is 24.3 Å². The van der Waals surface area contributed by atoms with Gasteiger partial charge in [-0.25, -0.2) is 0 Å². The van der Waals surface area contributed by atoms with E-state index in [1.165, 1.54) is 58.4 Å². The number of imide groups is 1. The van der Waals surface area contributed by atoms with Gasteiger partial charge >= 0.3 is 0 Å². The number of ether oxygens (including phenoxy) is 1. The van der Waals surface area contributed by atoms with Gasteiger partial charge in [0, 0.05) is 13.0 Å². The van der Waals surface area contributed by atoms with Crippen molar-refractivity contribution in [2.24, 2.45) is 11.8 Å². The number of hydrogen-bond donors (Lipinski definition) is 2. The second kappa shape index (κ2) is 9.72. The SMILES string of the molecule is O=C1CC[C@H](c2ccc(OCC3CCN(CC4CCNCC4)CC3)cc2)C(=O)N1. The molecule has 0 unspecified atom stereocenters. The average molecular weight is 400 g/mol. The van der Waals surface area contributed by atoms with E-state index in [-0.39, 0.29) is 17.7 Å². The zero-order chi connectivity index (χ0) is 20.1. The summed E-state index contributed by atoms with van der Waals surface area (Å²) >= 11 is 0. The highest BCUT2D eigenvalue weighted by atomic mass is 16.5. The second-order valence-electron chi connectivity index (χ2n) is 8.82. The Morgan fingerprint density at radius 2 is 1.66 bits per heavy atom. The Morgan fingerprint density at radius 1 is 0.931 bits per heavy atom. The largest absolute Gasteiger partial charge is 0.493 e. The summed E-state index contributed by atoms with van der Waals surface area (Å²) in [6.07, 6.45) is 6.04. The number of carbonyl (C=O) groups is 2. The molecule has 2 amide bonds. The number of hydrogen-bond acceptors (Lipinski definition) is 5. The normalized spacial score (nSPS) is 25.0. The third-order valence-corrected chi connectivity index (χ3v) is 6.69. The lowest BCUT2D eigenvalue weighted by molar-refractivity contribution is -0.134. The maximum atomic E-state index is 12.0. The summed E-state index contributed by atoms with van der Waals surface area (Å²) < 4.78 is 6.04. The summed E-state index contributed by atoms with van der Waals surface area (Å²) in [5.74, 6) is 1.75. The van der Waals surface area contributed by atoms with Crippen LogP contribution in [0.5, 0.6) is 5.75 Å². The molecule has 0 bridgehead atoms. The number of nitrogens with zero attached hydrogens (tertiary/aromatic N) is 1. The van der Waals surface area contributed by atoms with Gasteiger partial charge in [0.15, 0.2) is 0 Å². The third kappa shape index (κ3) is 5.58. The van der Waals surface area contributed by atoms with Crippen LogP contribution in [0.2, 0.25) is 0 Å². The number of carbonyl (C=O) groups excluding carboxylic acids is 2. The molecule has 3 saturated heterocycles. The fourth-order valence-electron chi connectivity index (χ4n) is 4.79. The van der Waals surface area contributed by atoms with Crippen LogP contribution in [0.1, 0.15) is 50.0 Å². The summed E-state index contributed by atoms with van der Waals surface area (Å²) in [6, 6.07) is 7.81. The molecule has 1 aromatic rings. The summed E-state index contributed by atoms with van der Waals surface area (Å²) in [7, 11) is 0. The Labute approximate surface area is 173 Å². The van der Waals surface area contributed by atoms with Gasteiger partial charge in [0.2, 0.25) is 11.8 Å². The number of amides is 2. The first-order valence-corrected chi connectivity index (χ1v) is 11.2. The molecular formula is C23H33N3O3.